The molecule has 1 N–H and O–H groups in total. The fourth-order valence-corrected chi connectivity index (χ4v) is 2.82. The van der Waals surface area contributed by atoms with Gasteiger partial charge in [0.1, 0.15) is 6.04 Å². The molecule has 0 bridgehead atoms. The Kier molecular flexibility index (Phi) is 9.67. The Bertz CT molecular complexity index is 252. The second kappa shape index (κ2) is 11.1. The fraction of sp³-hybridized carbons (Fsp3) is 0.938. The summed E-state index contributed by atoms with van der Waals surface area (Å²) in [5, 5.41) is 9.34. The quantitative estimate of drug-likeness (QED) is 0.592. The minimum absolute atomic E-state index is 0.306. The van der Waals surface area contributed by atoms with Gasteiger partial charge in [-0.05, 0) is 6.42 Å². The van der Waals surface area contributed by atoms with Crippen LogP contribution in [-0.4, -0.2) is 48.3 Å². The molecule has 0 radical (unpaired) electrons. The third kappa shape index (κ3) is 7.25. The molecule has 4 heteroatoms. The van der Waals surface area contributed by atoms with Crippen LogP contribution in [0.15, 0.2) is 0 Å². The maximum Gasteiger partial charge on any atom is 0.320 e. The molecule has 1 heterocycles. The van der Waals surface area contributed by atoms with Crippen LogP contribution in [0.25, 0.3) is 0 Å². The van der Waals surface area contributed by atoms with Gasteiger partial charge in [-0.15, -0.1) is 0 Å². The molecule has 20 heavy (non-hydrogen) atoms. The summed E-state index contributed by atoms with van der Waals surface area (Å²) >= 11 is 0. The van der Waals surface area contributed by atoms with Crippen LogP contribution >= 0.6 is 0 Å². The zero-order valence-electron chi connectivity index (χ0n) is 13.0. The van der Waals surface area contributed by atoms with E-state index in [1.165, 1.54) is 44.9 Å². The van der Waals surface area contributed by atoms with Crippen molar-refractivity contribution in [1.82, 2.24) is 4.90 Å². The molecule has 0 saturated carbocycles. The first kappa shape index (κ1) is 17.4. The van der Waals surface area contributed by atoms with Crippen LogP contribution < -0.4 is 0 Å². The Balaban J connectivity index is 2.08. The first-order valence-electron chi connectivity index (χ1n) is 8.30. The first-order chi connectivity index (χ1) is 9.75. The van der Waals surface area contributed by atoms with E-state index in [0.29, 0.717) is 13.2 Å². The van der Waals surface area contributed by atoms with Gasteiger partial charge in [0.15, 0.2) is 0 Å². The zero-order chi connectivity index (χ0) is 14.6. The summed E-state index contributed by atoms with van der Waals surface area (Å²) in [4.78, 5) is 13.4. The van der Waals surface area contributed by atoms with E-state index in [-0.39, 0.29) is 6.04 Å². The van der Waals surface area contributed by atoms with E-state index in [1.807, 2.05) is 0 Å². The van der Waals surface area contributed by atoms with E-state index in [4.69, 9.17) is 4.74 Å². The molecule has 118 valence electrons. The van der Waals surface area contributed by atoms with E-state index in [9.17, 15) is 9.90 Å². The van der Waals surface area contributed by atoms with Crippen molar-refractivity contribution in [2.24, 2.45) is 0 Å². The van der Waals surface area contributed by atoms with Crippen LogP contribution in [0.4, 0.5) is 0 Å². The molecule has 0 aromatic rings. The van der Waals surface area contributed by atoms with Crippen LogP contribution in [0.1, 0.15) is 64.7 Å². The summed E-state index contributed by atoms with van der Waals surface area (Å²) in [6.07, 6.45) is 10.8. The van der Waals surface area contributed by atoms with Gasteiger partial charge in [-0.2, -0.15) is 0 Å². The highest BCUT2D eigenvalue weighted by Crippen LogP contribution is 2.14. The second-order valence-electron chi connectivity index (χ2n) is 5.77. The molecular formula is C16H31NO3. The van der Waals surface area contributed by atoms with Crippen LogP contribution in [0.3, 0.4) is 0 Å². The molecule has 0 amide bonds. The first-order valence-corrected chi connectivity index (χ1v) is 8.30. The lowest BCUT2D eigenvalue weighted by Crippen LogP contribution is -2.47. The molecule has 0 aliphatic carbocycles. The monoisotopic (exact) mass is 285 g/mol. The highest BCUT2D eigenvalue weighted by molar-refractivity contribution is 5.73. The summed E-state index contributed by atoms with van der Waals surface area (Å²) in [5.74, 6) is -0.671. The van der Waals surface area contributed by atoms with Crippen molar-refractivity contribution in [3.63, 3.8) is 0 Å². The number of unbranched alkanes of at least 4 members (excludes halogenated alkanes) is 7. The molecule has 1 rings (SSSR count). The number of ether oxygens (including phenoxy) is 1. The van der Waals surface area contributed by atoms with E-state index in [0.717, 1.165) is 25.9 Å². The van der Waals surface area contributed by atoms with Crippen molar-refractivity contribution in [3.8, 4) is 0 Å². The van der Waals surface area contributed by atoms with Gasteiger partial charge in [0.25, 0.3) is 0 Å². The lowest BCUT2D eigenvalue weighted by Gasteiger charge is -2.31. The molecule has 1 aliphatic rings. The van der Waals surface area contributed by atoms with Crippen molar-refractivity contribution in [2.45, 2.75) is 70.8 Å². The second-order valence-corrected chi connectivity index (χ2v) is 5.77. The number of carboxylic acid groups (broad SMARTS) is 1. The van der Waals surface area contributed by atoms with E-state index >= 15 is 0 Å². The Morgan fingerprint density at radius 2 is 1.60 bits per heavy atom. The highest BCUT2D eigenvalue weighted by Gasteiger charge is 2.26. The van der Waals surface area contributed by atoms with Gasteiger partial charge in [0.05, 0.1) is 13.2 Å². The van der Waals surface area contributed by atoms with E-state index < -0.39 is 5.97 Å². The minimum atomic E-state index is -0.671. The number of carboxylic acids is 1. The molecule has 1 saturated heterocycles. The summed E-state index contributed by atoms with van der Waals surface area (Å²) in [5.41, 5.74) is 0. The van der Waals surface area contributed by atoms with Gasteiger partial charge in [-0.3, -0.25) is 9.69 Å². The van der Waals surface area contributed by atoms with Gasteiger partial charge < -0.3 is 9.84 Å². The molecule has 4 nitrogen and oxygen atoms in total. The van der Waals surface area contributed by atoms with Crippen LogP contribution in [0, 0.1) is 0 Å². The summed E-state index contributed by atoms with van der Waals surface area (Å²) in [6.45, 7) is 5.09. The van der Waals surface area contributed by atoms with E-state index in [1.54, 1.807) is 0 Å². The van der Waals surface area contributed by atoms with Gasteiger partial charge in [0, 0.05) is 13.1 Å². The van der Waals surface area contributed by atoms with Crippen molar-refractivity contribution in [1.29, 1.82) is 0 Å². The maximum absolute atomic E-state index is 11.4. The Morgan fingerprint density at radius 1 is 1.05 bits per heavy atom. The average Bonchev–Trinajstić information content (AvgIpc) is 2.46. The molecule has 1 fully saturated rings. The maximum atomic E-state index is 11.4. The van der Waals surface area contributed by atoms with E-state index in [2.05, 4.69) is 11.8 Å². The summed E-state index contributed by atoms with van der Waals surface area (Å²) < 4.78 is 5.28. The largest absolute Gasteiger partial charge is 0.480 e. The molecule has 1 aliphatic heterocycles. The number of aliphatic carboxylic acids is 1. The van der Waals surface area contributed by atoms with Gasteiger partial charge in [-0.25, -0.2) is 0 Å². The molecule has 0 aromatic heterocycles. The number of morpholine rings is 1. The van der Waals surface area contributed by atoms with Crippen molar-refractivity contribution >= 4 is 5.97 Å². The molecule has 1 atom stereocenters. The average molecular weight is 285 g/mol. The van der Waals surface area contributed by atoms with Crippen LogP contribution in [-0.2, 0) is 9.53 Å². The predicted octanol–water partition coefficient (Wildman–Crippen LogP) is 3.30. The molecule has 0 spiro atoms. The third-order valence-electron chi connectivity index (χ3n) is 4.10. The summed E-state index contributed by atoms with van der Waals surface area (Å²) in [7, 11) is 0. The Labute approximate surface area is 123 Å². The van der Waals surface area contributed by atoms with Gasteiger partial charge in [0.2, 0.25) is 0 Å². The Hall–Kier alpha value is -0.610. The smallest absolute Gasteiger partial charge is 0.320 e. The SMILES string of the molecule is CCCCCCCCCCC(C(=O)O)N1CCOCC1. The molecule has 0 aromatic carbocycles. The Morgan fingerprint density at radius 3 is 2.15 bits per heavy atom. The lowest BCUT2D eigenvalue weighted by atomic mass is 10.0. The lowest BCUT2D eigenvalue weighted by molar-refractivity contribution is -0.145. The van der Waals surface area contributed by atoms with Gasteiger partial charge >= 0.3 is 5.97 Å². The van der Waals surface area contributed by atoms with Crippen molar-refractivity contribution < 1.29 is 14.6 Å². The van der Waals surface area contributed by atoms with Crippen LogP contribution in [0.5, 0.6) is 0 Å². The highest BCUT2D eigenvalue weighted by atomic mass is 16.5. The minimum Gasteiger partial charge on any atom is -0.480 e. The fourth-order valence-electron chi connectivity index (χ4n) is 2.82. The molecule has 1 unspecified atom stereocenters. The number of hydrogen-bond donors (Lipinski definition) is 1. The standard InChI is InChI=1S/C16H31NO3/c1-2-3-4-5-6-7-8-9-10-15(16(18)19)17-11-13-20-14-12-17/h15H,2-14H2,1H3,(H,18,19). The number of nitrogens with zero attached hydrogens (tertiary/aromatic N) is 1. The topological polar surface area (TPSA) is 49.8 Å². The number of rotatable bonds is 11. The van der Waals surface area contributed by atoms with Crippen LogP contribution in [0.2, 0.25) is 0 Å². The number of carbonyl (C=O) groups is 1. The molecular weight excluding hydrogens is 254 g/mol. The third-order valence-corrected chi connectivity index (χ3v) is 4.10. The summed E-state index contributed by atoms with van der Waals surface area (Å²) in [6, 6.07) is -0.306. The van der Waals surface area contributed by atoms with Crippen molar-refractivity contribution in [2.75, 3.05) is 26.3 Å². The van der Waals surface area contributed by atoms with Gasteiger partial charge in [-0.1, -0.05) is 58.3 Å². The predicted molar refractivity (Wildman–Crippen MR) is 81.0 cm³/mol. The normalized spacial score (nSPS) is 18.1. The van der Waals surface area contributed by atoms with Crippen molar-refractivity contribution in [3.05, 3.63) is 0 Å². The zero-order valence-corrected chi connectivity index (χ0v) is 13.0. The number of hydrogen-bond acceptors (Lipinski definition) is 3.